The molecule has 2 heterocycles. The van der Waals surface area contributed by atoms with E-state index in [0.29, 0.717) is 5.56 Å². The zero-order valence-electron chi connectivity index (χ0n) is 13.4. The first-order valence-electron chi connectivity index (χ1n) is 7.52. The van der Waals surface area contributed by atoms with Crippen LogP contribution in [0.15, 0.2) is 35.5 Å². The van der Waals surface area contributed by atoms with Crippen molar-refractivity contribution in [1.29, 1.82) is 0 Å². The van der Waals surface area contributed by atoms with Gasteiger partial charge in [0.15, 0.2) is 0 Å². The third-order valence-electron chi connectivity index (χ3n) is 4.01. The molecule has 1 aliphatic rings. The molecule has 25 heavy (non-hydrogen) atoms. The van der Waals surface area contributed by atoms with Crippen molar-refractivity contribution in [2.24, 2.45) is 7.05 Å². The van der Waals surface area contributed by atoms with E-state index in [1.807, 2.05) is 0 Å². The molecule has 0 radical (unpaired) electrons. The molecule has 10 heteroatoms. The fraction of sp³-hybridized carbons (Fsp3) is 0.333. The number of amides is 1. The van der Waals surface area contributed by atoms with Gasteiger partial charge in [-0.1, -0.05) is 11.6 Å². The molecule has 0 N–H and O–H groups in total. The van der Waals surface area contributed by atoms with Gasteiger partial charge >= 0.3 is 0 Å². The van der Waals surface area contributed by atoms with Crippen molar-refractivity contribution >= 4 is 27.5 Å². The Kier molecular flexibility index (Phi) is 4.81. The Hall–Kier alpha value is -1.97. The lowest BCUT2D eigenvalue weighted by molar-refractivity contribution is 0.0698. The largest absolute Gasteiger partial charge is 0.336 e. The van der Waals surface area contributed by atoms with E-state index in [9.17, 15) is 17.6 Å². The normalized spacial score (nSPS) is 16.2. The van der Waals surface area contributed by atoms with Gasteiger partial charge in [-0.3, -0.25) is 9.48 Å². The number of benzene rings is 1. The van der Waals surface area contributed by atoms with Gasteiger partial charge in [0.25, 0.3) is 5.91 Å². The van der Waals surface area contributed by atoms with Crippen LogP contribution >= 0.6 is 11.6 Å². The molecule has 7 nitrogen and oxygen atoms in total. The van der Waals surface area contributed by atoms with Gasteiger partial charge in [0.2, 0.25) is 10.0 Å². The molecule has 1 amide bonds. The van der Waals surface area contributed by atoms with Crippen molar-refractivity contribution in [3.63, 3.8) is 0 Å². The fourth-order valence-corrected chi connectivity index (χ4v) is 4.33. The topological polar surface area (TPSA) is 75.5 Å². The van der Waals surface area contributed by atoms with Crippen LogP contribution in [0, 0.1) is 5.82 Å². The molecule has 0 spiro atoms. The van der Waals surface area contributed by atoms with E-state index >= 15 is 0 Å². The number of hydrogen-bond acceptors (Lipinski definition) is 4. The van der Waals surface area contributed by atoms with Crippen molar-refractivity contribution < 1.29 is 17.6 Å². The van der Waals surface area contributed by atoms with Crippen LogP contribution in [0.2, 0.25) is 5.02 Å². The molecule has 0 aliphatic carbocycles. The molecular formula is C15H16ClFN4O3S. The van der Waals surface area contributed by atoms with Gasteiger partial charge in [0.05, 0.1) is 21.7 Å². The molecule has 134 valence electrons. The maximum atomic E-state index is 13.2. The molecule has 3 rings (SSSR count). The highest BCUT2D eigenvalue weighted by Gasteiger charge is 2.31. The number of carbonyl (C=O) groups excluding carboxylic acids is 1. The Bertz CT molecular complexity index is 907. The molecular weight excluding hydrogens is 371 g/mol. The van der Waals surface area contributed by atoms with E-state index in [1.54, 1.807) is 18.1 Å². The highest BCUT2D eigenvalue weighted by atomic mass is 35.5. The Morgan fingerprint density at radius 2 is 1.92 bits per heavy atom. The Morgan fingerprint density at radius 1 is 1.24 bits per heavy atom. The minimum absolute atomic E-state index is 0.0639. The van der Waals surface area contributed by atoms with Gasteiger partial charge in [-0.2, -0.15) is 9.40 Å². The van der Waals surface area contributed by atoms with Crippen LogP contribution in [-0.4, -0.2) is 59.5 Å². The highest BCUT2D eigenvalue weighted by Crippen LogP contribution is 2.23. The summed E-state index contributed by atoms with van der Waals surface area (Å²) in [7, 11) is -2.07. The van der Waals surface area contributed by atoms with Gasteiger partial charge in [0.1, 0.15) is 5.82 Å². The number of carbonyl (C=O) groups is 1. The quantitative estimate of drug-likeness (QED) is 0.798. The summed E-state index contributed by atoms with van der Waals surface area (Å²) in [5.74, 6) is -0.859. The van der Waals surface area contributed by atoms with Gasteiger partial charge < -0.3 is 4.90 Å². The number of rotatable bonds is 3. The lowest BCUT2D eigenvalue weighted by Gasteiger charge is -2.33. The number of nitrogens with zero attached hydrogens (tertiary/aromatic N) is 4. The molecule has 1 aliphatic heterocycles. The van der Waals surface area contributed by atoms with Crippen molar-refractivity contribution in [3.8, 4) is 0 Å². The Morgan fingerprint density at radius 3 is 2.48 bits per heavy atom. The maximum Gasteiger partial charge on any atom is 0.257 e. The van der Waals surface area contributed by atoms with E-state index in [0.717, 1.165) is 12.1 Å². The van der Waals surface area contributed by atoms with Crippen molar-refractivity contribution in [2.45, 2.75) is 4.90 Å². The fourth-order valence-electron chi connectivity index (χ4n) is 2.63. The van der Waals surface area contributed by atoms with Crippen LogP contribution in [-0.2, 0) is 17.1 Å². The van der Waals surface area contributed by atoms with E-state index in [1.165, 1.54) is 21.3 Å². The minimum Gasteiger partial charge on any atom is -0.336 e. The molecule has 1 aromatic heterocycles. The second-order valence-corrected chi connectivity index (χ2v) is 8.02. The smallest absolute Gasteiger partial charge is 0.257 e. The minimum atomic E-state index is -3.78. The van der Waals surface area contributed by atoms with Crippen LogP contribution in [0.5, 0.6) is 0 Å². The van der Waals surface area contributed by atoms with Gasteiger partial charge in [-0.25, -0.2) is 12.8 Å². The van der Waals surface area contributed by atoms with Gasteiger partial charge in [0, 0.05) is 39.4 Å². The summed E-state index contributed by atoms with van der Waals surface area (Å²) in [5.41, 5.74) is 0.462. The summed E-state index contributed by atoms with van der Waals surface area (Å²) in [6.45, 7) is 0.844. The average molecular weight is 387 g/mol. The number of hydrogen-bond donors (Lipinski definition) is 0. The molecule has 1 fully saturated rings. The zero-order chi connectivity index (χ0) is 18.2. The number of aryl methyl sites for hydroxylation is 1. The molecule has 2 aromatic rings. The number of halogens is 2. The summed E-state index contributed by atoms with van der Waals surface area (Å²) in [6.07, 6.45) is 3.10. The van der Waals surface area contributed by atoms with E-state index in [-0.39, 0.29) is 42.0 Å². The van der Waals surface area contributed by atoms with Crippen molar-refractivity contribution in [2.75, 3.05) is 26.2 Å². The second kappa shape index (κ2) is 6.74. The first-order chi connectivity index (χ1) is 11.8. The van der Waals surface area contributed by atoms with Crippen LogP contribution in [0.25, 0.3) is 0 Å². The zero-order valence-corrected chi connectivity index (χ0v) is 15.0. The first-order valence-corrected chi connectivity index (χ1v) is 9.34. The summed E-state index contributed by atoms with van der Waals surface area (Å²) in [5, 5.41) is 3.72. The summed E-state index contributed by atoms with van der Waals surface area (Å²) < 4.78 is 41.3. The monoisotopic (exact) mass is 386 g/mol. The van der Waals surface area contributed by atoms with Gasteiger partial charge in [-0.05, 0) is 18.2 Å². The Balaban J connectivity index is 1.71. The lowest BCUT2D eigenvalue weighted by Crippen LogP contribution is -2.50. The summed E-state index contributed by atoms with van der Waals surface area (Å²) >= 11 is 5.67. The SMILES string of the molecule is Cn1cc(C(=O)N2CCN(S(=O)(=O)c3ccc(F)c(Cl)c3)CC2)cn1. The molecule has 0 unspecified atom stereocenters. The standard InChI is InChI=1S/C15H16ClFN4O3S/c1-19-10-11(9-18-19)15(22)20-4-6-21(7-5-20)25(23,24)12-2-3-14(17)13(16)8-12/h2-3,8-10H,4-7H2,1H3. The van der Waals surface area contributed by atoms with Crippen LogP contribution in [0.1, 0.15) is 10.4 Å². The van der Waals surface area contributed by atoms with Crippen LogP contribution in [0.3, 0.4) is 0 Å². The molecule has 1 saturated heterocycles. The lowest BCUT2D eigenvalue weighted by atomic mass is 10.2. The summed E-state index contributed by atoms with van der Waals surface area (Å²) in [6, 6.07) is 3.31. The third-order valence-corrected chi connectivity index (χ3v) is 6.19. The molecule has 0 saturated carbocycles. The number of sulfonamides is 1. The van der Waals surface area contributed by atoms with Crippen molar-refractivity contribution in [3.05, 3.63) is 47.0 Å². The number of piperazine rings is 1. The number of aromatic nitrogens is 2. The highest BCUT2D eigenvalue weighted by molar-refractivity contribution is 7.89. The second-order valence-electron chi connectivity index (χ2n) is 5.67. The third kappa shape index (κ3) is 3.53. The maximum absolute atomic E-state index is 13.2. The van der Waals surface area contributed by atoms with Gasteiger partial charge in [-0.15, -0.1) is 0 Å². The van der Waals surface area contributed by atoms with E-state index < -0.39 is 15.8 Å². The molecule has 1 aromatic carbocycles. The summed E-state index contributed by atoms with van der Waals surface area (Å²) in [4.78, 5) is 13.9. The molecule has 0 atom stereocenters. The average Bonchev–Trinajstić information content (AvgIpc) is 3.03. The Labute approximate surface area is 149 Å². The van der Waals surface area contributed by atoms with E-state index in [2.05, 4.69) is 5.10 Å². The van der Waals surface area contributed by atoms with E-state index in [4.69, 9.17) is 11.6 Å². The van der Waals surface area contributed by atoms with Crippen LogP contribution < -0.4 is 0 Å². The first kappa shape index (κ1) is 17.8. The van der Waals surface area contributed by atoms with Crippen LogP contribution in [0.4, 0.5) is 4.39 Å². The predicted octanol–water partition coefficient (Wildman–Crippen LogP) is 1.36. The van der Waals surface area contributed by atoms with Crippen molar-refractivity contribution in [1.82, 2.24) is 19.0 Å². The molecule has 0 bridgehead atoms. The predicted molar refractivity (Wildman–Crippen MR) is 89.3 cm³/mol.